The molecule has 1 rings (SSSR count). The van der Waals surface area contributed by atoms with Gasteiger partial charge in [0.1, 0.15) is 6.10 Å². The van der Waals surface area contributed by atoms with Crippen molar-refractivity contribution in [1.82, 2.24) is 0 Å². The molecule has 1 aliphatic rings. The van der Waals surface area contributed by atoms with E-state index in [9.17, 15) is 4.79 Å². The first-order chi connectivity index (χ1) is 7.41. The Labute approximate surface area is 99.1 Å². The lowest BCUT2D eigenvalue weighted by molar-refractivity contribution is -0.145. The van der Waals surface area contributed by atoms with Crippen LogP contribution in [-0.2, 0) is 9.53 Å². The highest BCUT2D eigenvalue weighted by molar-refractivity contribution is 5.87. The Hall–Kier alpha value is -0.790. The SMILES string of the molecule is C=C(C)C(=O)OC1CCCC(C)(C)CCC1. The molecule has 92 valence electrons. The summed E-state index contributed by atoms with van der Waals surface area (Å²) in [6.45, 7) is 9.97. The summed E-state index contributed by atoms with van der Waals surface area (Å²) in [5, 5.41) is 0. The molecule has 0 aliphatic heterocycles. The minimum atomic E-state index is -0.232. The van der Waals surface area contributed by atoms with E-state index < -0.39 is 0 Å². The fourth-order valence-electron chi connectivity index (χ4n) is 2.26. The fraction of sp³-hybridized carbons (Fsp3) is 0.786. The molecule has 2 heteroatoms. The van der Waals surface area contributed by atoms with Gasteiger partial charge in [0.05, 0.1) is 0 Å². The summed E-state index contributed by atoms with van der Waals surface area (Å²) in [5.74, 6) is -0.232. The van der Waals surface area contributed by atoms with Crippen molar-refractivity contribution in [3.8, 4) is 0 Å². The normalized spacial score (nSPS) is 21.9. The van der Waals surface area contributed by atoms with Gasteiger partial charge in [-0.25, -0.2) is 4.79 Å². The van der Waals surface area contributed by atoms with Crippen LogP contribution in [0.3, 0.4) is 0 Å². The zero-order valence-corrected chi connectivity index (χ0v) is 10.8. The second-order valence-electron chi connectivity index (χ2n) is 5.76. The van der Waals surface area contributed by atoms with Gasteiger partial charge in [0.2, 0.25) is 0 Å². The van der Waals surface area contributed by atoms with Gasteiger partial charge < -0.3 is 4.74 Å². The molecular weight excluding hydrogens is 200 g/mol. The van der Waals surface area contributed by atoms with E-state index in [2.05, 4.69) is 20.4 Å². The summed E-state index contributed by atoms with van der Waals surface area (Å²) in [7, 11) is 0. The molecule has 0 unspecified atom stereocenters. The summed E-state index contributed by atoms with van der Waals surface area (Å²) < 4.78 is 5.42. The van der Waals surface area contributed by atoms with Gasteiger partial charge in [-0.15, -0.1) is 0 Å². The van der Waals surface area contributed by atoms with Crippen molar-refractivity contribution in [3.05, 3.63) is 12.2 Å². The van der Waals surface area contributed by atoms with E-state index in [1.165, 1.54) is 12.8 Å². The molecule has 0 aromatic carbocycles. The molecule has 2 nitrogen and oxygen atoms in total. The summed E-state index contributed by atoms with van der Waals surface area (Å²) >= 11 is 0. The molecule has 0 spiro atoms. The highest BCUT2D eigenvalue weighted by atomic mass is 16.5. The molecule has 0 amide bonds. The second kappa shape index (κ2) is 5.51. The van der Waals surface area contributed by atoms with E-state index in [1.807, 2.05) is 0 Å². The largest absolute Gasteiger partial charge is 0.459 e. The van der Waals surface area contributed by atoms with E-state index in [0.717, 1.165) is 25.7 Å². The Kier molecular flexibility index (Phi) is 4.57. The van der Waals surface area contributed by atoms with Crippen molar-refractivity contribution in [2.24, 2.45) is 5.41 Å². The molecule has 0 N–H and O–H groups in total. The molecule has 0 bridgehead atoms. The third kappa shape index (κ3) is 4.38. The molecule has 0 radical (unpaired) electrons. The van der Waals surface area contributed by atoms with Crippen LogP contribution in [-0.4, -0.2) is 12.1 Å². The van der Waals surface area contributed by atoms with E-state index in [4.69, 9.17) is 4.74 Å². The maximum Gasteiger partial charge on any atom is 0.333 e. The van der Waals surface area contributed by atoms with E-state index in [0.29, 0.717) is 11.0 Å². The van der Waals surface area contributed by atoms with E-state index in [1.54, 1.807) is 6.92 Å². The van der Waals surface area contributed by atoms with Crippen LogP contribution in [0.15, 0.2) is 12.2 Å². The van der Waals surface area contributed by atoms with Crippen molar-refractivity contribution in [2.45, 2.75) is 65.4 Å². The van der Waals surface area contributed by atoms with Crippen molar-refractivity contribution in [1.29, 1.82) is 0 Å². The highest BCUT2D eigenvalue weighted by Gasteiger charge is 2.23. The van der Waals surface area contributed by atoms with Gasteiger partial charge in [-0.3, -0.25) is 0 Å². The number of hydrogen-bond donors (Lipinski definition) is 0. The van der Waals surface area contributed by atoms with Crippen LogP contribution in [0.4, 0.5) is 0 Å². The van der Waals surface area contributed by atoms with Crippen molar-refractivity contribution in [3.63, 3.8) is 0 Å². The third-order valence-corrected chi connectivity index (χ3v) is 3.38. The molecule has 1 aliphatic carbocycles. The zero-order valence-electron chi connectivity index (χ0n) is 10.8. The van der Waals surface area contributed by atoms with Crippen LogP contribution in [0.1, 0.15) is 59.3 Å². The Morgan fingerprint density at radius 2 is 1.75 bits per heavy atom. The average Bonchev–Trinajstić information content (AvgIpc) is 2.13. The Morgan fingerprint density at radius 3 is 2.19 bits per heavy atom. The monoisotopic (exact) mass is 224 g/mol. The average molecular weight is 224 g/mol. The lowest BCUT2D eigenvalue weighted by atomic mass is 9.79. The number of carbonyl (C=O) groups is 1. The van der Waals surface area contributed by atoms with Crippen LogP contribution in [0.5, 0.6) is 0 Å². The first kappa shape index (κ1) is 13.3. The standard InChI is InChI=1S/C14H24O2/c1-11(2)13(15)16-12-7-5-9-14(3,4)10-6-8-12/h12H,1,5-10H2,2-4H3. The first-order valence-electron chi connectivity index (χ1n) is 6.27. The second-order valence-corrected chi connectivity index (χ2v) is 5.76. The topological polar surface area (TPSA) is 26.3 Å². The Morgan fingerprint density at radius 1 is 1.25 bits per heavy atom. The van der Waals surface area contributed by atoms with Crippen molar-refractivity contribution >= 4 is 5.97 Å². The molecule has 0 aromatic heterocycles. The lowest BCUT2D eigenvalue weighted by Gasteiger charge is -2.29. The summed E-state index contributed by atoms with van der Waals surface area (Å²) in [6.07, 6.45) is 6.88. The molecule has 1 saturated carbocycles. The zero-order chi connectivity index (χ0) is 12.2. The molecule has 0 aromatic rings. The predicted octanol–water partition coefficient (Wildman–Crippen LogP) is 3.85. The van der Waals surface area contributed by atoms with Gasteiger partial charge >= 0.3 is 5.97 Å². The summed E-state index contributed by atoms with van der Waals surface area (Å²) in [6, 6.07) is 0. The first-order valence-corrected chi connectivity index (χ1v) is 6.27. The molecule has 16 heavy (non-hydrogen) atoms. The van der Waals surface area contributed by atoms with Crippen molar-refractivity contribution < 1.29 is 9.53 Å². The lowest BCUT2D eigenvalue weighted by Crippen LogP contribution is -2.23. The summed E-state index contributed by atoms with van der Waals surface area (Å²) in [5.41, 5.74) is 0.964. The number of rotatable bonds is 2. The van der Waals surface area contributed by atoms with Crippen LogP contribution in [0.2, 0.25) is 0 Å². The molecule has 1 fully saturated rings. The number of hydrogen-bond acceptors (Lipinski definition) is 2. The minimum absolute atomic E-state index is 0.111. The van der Waals surface area contributed by atoms with Gasteiger partial charge in [0.25, 0.3) is 0 Å². The highest BCUT2D eigenvalue weighted by Crippen LogP contribution is 2.33. The van der Waals surface area contributed by atoms with E-state index >= 15 is 0 Å². The molecule has 0 atom stereocenters. The number of ether oxygens (including phenoxy) is 1. The Bertz CT molecular complexity index is 254. The maximum absolute atomic E-state index is 11.4. The van der Waals surface area contributed by atoms with Gasteiger partial charge in [-0.1, -0.05) is 20.4 Å². The summed E-state index contributed by atoms with van der Waals surface area (Å²) in [4.78, 5) is 11.4. The molecule has 0 heterocycles. The third-order valence-electron chi connectivity index (χ3n) is 3.38. The number of carbonyl (C=O) groups excluding carboxylic acids is 1. The Balaban J connectivity index is 2.41. The maximum atomic E-state index is 11.4. The van der Waals surface area contributed by atoms with Gasteiger partial charge in [-0.2, -0.15) is 0 Å². The minimum Gasteiger partial charge on any atom is -0.459 e. The van der Waals surface area contributed by atoms with E-state index in [-0.39, 0.29) is 12.1 Å². The quantitative estimate of drug-likeness (QED) is 0.526. The van der Waals surface area contributed by atoms with Gasteiger partial charge in [0.15, 0.2) is 0 Å². The smallest absolute Gasteiger partial charge is 0.333 e. The van der Waals surface area contributed by atoms with Crippen LogP contribution in [0, 0.1) is 5.41 Å². The van der Waals surface area contributed by atoms with Gasteiger partial charge in [-0.05, 0) is 50.9 Å². The van der Waals surface area contributed by atoms with Gasteiger partial charge in [0, 0.05) is 5.57 Å². The van der Waals surface area contributed by atoms with Crippen LogP contribution >= 0.6 is 0 Å². The predicted molar refractivity (Wildman–Crippen MR) is 66.2 cm³/mol. The van der Waals surface area contributed by atoms with Crippen LogP contribution < -0.4 is 0 Å². The number of esters is 1. The molecule has 0 saturated heterocycles. The van der Waals surface area contributed by atoms with Crippen LogP contribution in [0.25, 0.3) is 0 Å². The van der Waals surface area contributed by atoms with Crippen molar-refractivity contribution in [2.75, 3.05) is 0 Å². The molecular formula is C14H24O2. The fourth-order valence-corrected chi connectivity index (χ4v) is 2.26.